The van der Waals surface area contributed by atoms with E-state index in [1.807, 2.05) is 0 Å². The zero-order valence-electron chi connectivity index (χ0n) is 17.3. The van der Waals surface area contributed by atoms with Gasteiger partial charge in [0.1, 0.15) is 5.84 Å². The van der Waals surface area contributed by atoms with E-state index in [1.165, 1.54) is 24.3 Å². The van der Waals surface area contributed by atoms with Crippen molar-refractivity contribution in [3.05, 3.63) is 83.2 Å². The molecule has 0 saturated heterocycles. The first-order chi connectivity index (χ1) is 14.9. The van der Waals surface area contributed by atoms with Gasteiger partial charge in [-0.15, -0.1) is 12.4 Å². The normalized spacial score (nSPS) is 11.1. The molecule has 0 spiro atoms. The standard InChI is InChI=1S/C14H13F3N2.C8H7F3N2.ClH/c1-2-3-10-8-18-13(19-9-10)11-4-6-12(7-5-11)14(15,16)17;9-8(10,11)6-3-1-5(2-4-6)7(12)13;/h4-9H,2-3H2,1H3;1-4H,(H3,12,13);1H. The van der Waals surface area contributed by atoms with E-state index < -0.39 is 23.5 Å². The largest absolute Gasteiger partial charge is 0.416 e. The summed E-state index contributed by atoms with van der Waals surface area (Å²) in [6.07, 6.45) is -3.33. The fourth-order valence-corrected chi connectivity index (χ4v) is 2.57. The van der Waals surface area contributed by atoms with E-state index in [0.29, 0.717) is 11.4 Å². The Bertz CT molecular complexity index is 1020. The second kappa shape index (κ2) is 11.6. The van der Waals surface area contributed by atoms with Gasteiger partial charge in [0.15, 0.2) is 5.82 Å². The first-order valence-corrected chi connectivity index (χ1v) is 9.42. The molecule has 0 radical (unpaired) electrons. The van der Waals surface area contributed by atoms with Crippen LogP contribution in [0.15, 0.2) is 60.9 Å². The van der Waals surface area contributed by atoms with Crippen molar-refractivity contribution in [2.75, 3.05) is 0 Å². The van der Waals surface area contributed by atoms with Crippen LogP contribution in [-0.2, 0) is 18.8 Å². The third-order valence-corrected chi connectivity index (χ3v) is 4.24. The van der Waals surface area contributed by atoms with Gasteiger partial charge in [0.2, 0.25) is 0 Å². The highest BCUT2D eigenvalue weighted by Crippen LogP contribution is 2.30. The second-order valence-corrected chi connectivity index (χ2v) is 6.73. The van der Waals surface area contributed by atoms with Crippen molar-refractivity contribution in [2.45, 2.75) is 32.1 Å². The maximum atomic E-state index is 12.4. The summed E-state index contributed by atoms with van der Waals surface area (Å²) in [7, 11) is 0. The minimum atomic E-state index is -4.34. The average molecular weight is 491 g/mol. The van der Waals surface area contributed by atoms with Crippen molar-refractivity contribution < 1.29 is 26.3 Å². The minimum Gasteiger partial charge on any atom is -0.384 e. The number of aromatic nitrogens is 2. The molecule has 3 N–H and O–H groups in total. The van der Waals surface area contributed by atoms with Crippen LogP contribution in [0.5, 0.6) is 0 Å². The number of hydrogen-bond donors (Lipinski definition) is 2. The van der Waals surface area contributed by atoms with Gasteiger partial charge in [-0.2, -0.15) is 26.3 Å². The summed E-state index contributed by atoms with van der Waals surface area (Å²) in [6, 6.07) is 9.00. The van der Waals surface area contributed by atoms with Gasteiger partial charge < -0.3 is 5.73 Å². The molecule has 33 heavy (non-hydrogen) atoms. The van der Waals surface area contributed by atoms with Crippen LogP contribution in [0, 0.1) is 5.41 Å². The summed E-state index contributed by atoms with van der Waals surface area (Å²) in [5.74, 6) is 0.197. The zero-order valence-corrected chi connectivity index (χ0v) is 18.2. The van der Waals surface area contributed by atoms with Crippen LogP contribution < -0.4 is 5.73 Å². The first-order valence-electron chi connectivity index (χ1n) is 9.42. The fourth-order valence-electron chi connectivity index (χ4n) is 2.57. The van der Waals surface area contributed by atoms with Crippen molar-refractivity contribution in [1.29, 1.82) is 5.41 Å². The minimum absolute atomic E-state index is 0. The number of benzene rings is 2. The maximum Gasteiger partial charge on any atom is 0.416 e. The molecular weight excluding hydrogens is 470 g/mol. The molecule has 0 aliphatic carbocycles. The molecule has 2 aromatic carbocycles. The van der Waals surface area contributed by atoms with E-state index in [1.54, 1.807) is 12.4 Å². The Kier molecular flexibility index (Phi) is 9.84. The maximum absolute atomic E-state index is 12.4. The zero-order chi connectivity index (χ0) is 23.9. The molecule has 0 aliphatic heterocycles. The lowest BCUT2D eigenvalue weighted by Gasteiger charge is -2.07. The number of amidine groups is 1. The summed E-state index contributed by atoms with van der Waals surface area (Å²) in [4.78, 5) is 8.33. The number of nitrogens with one attached hydrogen (secondary N) is 1. The molecule has 3 aromatic rings. The summed E-state index contributed by atoms with van der Waals surface area (Å²) in [5.41, 5.74) is 5.56. The van der Waals surface area contributed by atoms with Gasteiger partial charge in [-0.1, -0.05) is 37.6 Å². The summed E-state index contributed by atoms with van der Waals surface area (Å²) in [5, 5.41) is 6.96. The molecule has 0 bridgehead atoms. The van der Waals surface area contributed by atoms with E-state index in [0.717, 1.165) is 42.7 Å². The van der Waals surface area contributed by atoms with Gasteiger partial charge >= 0.3 is 12.4 Å². The van der Waals surface area contributed by atoms with Crippen LogP contribution in [0.1, 0.15) is 35.6 Å². The molecule has 0 aliphatic rings. The van der Waals surface area contributed by atoms with Gasteiger partial charge in [0.25, 0.3) is 0 Å². The number of aryl methyl sites for hydroxylation is 1. The molecule has 0 amide bonds. The summed E-state index contributed by atoms with van der Waals surface area (Å²) in [6.45, 7) is 2.06. The fraction of sp³-hybridized carbons (Fsp3) is 0.227. The topological polar surface area (TPSA) is 75.7 Å². The smallest absolute Gasteiger partial charge is 0.384 e. The van der Waals surface area contributed by atoms with Crippen molar-refractivity contribution in [1.82, 2.24) is 9.97 Å². The van der Waals surface area contributed by atoms with Gasteiger partial charge in [0, 0.05) is 23.5 Å². The van der Waals surface area contributed by atoms with Crippen molar-refractivity contribution in [3.8, 4) is 11.4 Å². The molecule has 3 rings (SSSR count). The van der Waals surface area contributed by atoms with Gasteiger partial charge in [-0.05, 0) is 36.2 Å². The quantitative estimate of drug-likeness (QED) is 0.248. The first kappa shape index (κ1) is 27.9. The number of rotatable bonds is 4. The van der Waals surface area contributed by atoms with Gasteiger partial charge in [-0.3, -0.25) is 5.41 Å². The Balaban J connectivity index is 0.000000343. The number of nitrogens with zero attached hydrogens (tertiary/aromatic N) is 2. The second-order valence-electron chi connectivity index (χ2n) is 6.73. The van der Waals surface area contributed by atoms with Gasteiger partial charge in [0.05, 0.1) is 11.1 Å². The molecular formula is C22H21ClF6N4. The van der Waals surface area contributed by atoms with Crippen LogP contribution in [-0.4, -0.2) is 15.8 Å². The van der Waals surface area contributed by atoms with E-state index in [4.69, 9.17) is 11.1 Å². The molecule has 1 heterocycles. The van der Waals surface area contributed by atoms with Crippen LogP contribution >= 0.6 is 12.4 Å². The highest BCUT2D eigenvalue weighted by Gasteiger charge is 2.30. The molecule has 4 nitrogen and oxygen atoms in total. The van der Waals surface area contributed by atoms with Crippen molar-refractivity contribution >= 4 is 18.2 Å². The molecule has 0 fully saturated rings. The third kappa shape index (κ3) is 8.38. The van der Waals surface area contributed by atoms with Crippen molar-refractivity contribution in [2.24, 2.45) is 5.73 Å². The SMILES string of the molecule is CCCc1cnc(-c2ccc(C(F)(F)F)cc2)nc1.Cl.N=C(N)c1ccc(C(F)(F)F)cc1. The van der Waals surface area contributed by atoms with E-state index in [9.17, 15) is 26.3 Å². The number of nitrogens with two attached hydrogens (primary N) is 1. The molecule has 11 heteroatoms. The van der Waals surface area contributed by atoms with Crippen LogP contribution in [0.25, 0.3) is 11.4 Å². The number of hydrogen-bond acceptors (Lipinski definition) is 3. The predicted octanol–water partition coefficient (Wildman–Crippen LogP) is 6.53. The van der Waals surface area contributed by atoms with Crippen LogP contribution in [0.2, 0.25) is 0 Å². The van der Waals surface area contributed by atoms with Crippen LogP contribution in [0.4, 0.5) is 26.3 Å². The van der Waals surface area contributed by atoms with Gasteiger partial charge in [-0.25, -0.2) is 9.97 Å². The molecule has 178 valence electrons. The average Bonchev–Trinajstić information content (AvgIpc) is 2.74. The number of halogens is 7. The molecule has 1 aromatic heterocycles. The number of alkyl halides is 6. The lowest BCUT2D eigenvalue weighted by molar-refractivity contribution is -0.138. The highest BCUT2D eigenvalue weighted by molar-refractivity contribution is 5.94. The Morgan fingerprint density at radius 1 is 0.818 bits per heavy atom. The Labute approximate surface area is 192 Å². The Morgan fingerprint density at radius 2 is 1.24 bits per heavy atom. The molecule has 0 unspecified atom stereocenters. The number of nitrogen functional groups attached to an aromatic ring is 1. The Morgan fingerprint density at radius 3 is 1.61 bits per heavy atom. The lowest BCUT2D eigenvalue weighted by Crippen LogP contribution is -2.12. The van der Waals surface area contributed by atoms with E-state index >= 15 is 0 Å². The lowest BCUT2D eigenvalue weighted by atomic mass is 10.1. The Hall–Kier alpha value is -3.14. The van der Waals surface area contributed by atoms with E-state index in [-0.39, 0.29) is 23.8 Å². The highest BCUT2D eigenvalue weighted by atomic mass is 35.5. The molecule has 0 saturated carbocycles. The summed E-state index contributed by atoms with van der Waals surface area (Å²) >= 11 is 0. The van der Waals surface area contributed by atoms with E-state index in [2.05, 4.69) is 16.9 Å². The third-order valence-electron chi connectivity index (χ3n) is 4.24. The monoisotopic (exact) mass is 490 g/mol. The molecule has 0 atom stereocenters. The summed E-state index contributed by atoms with van der Waals surface area (Å²) < 4.78 is 73.4. The van der Waals surface area contributed by atoms with Crippen molar-refractivity contribution in [3.63, 3.8) is 0 Å². The predicted molar refractivity (Wildman–Crippen MR) is 116 cm³/mol. The van der Waals surface area contributed by atoms with Crippen LogP contribution in [0.3, 0.4) is 0 Å².